The lowest BCUT2D eigenvalue weighted by Gasteiger charge is -2.21. The SMILES string of the molecule is CS(=O)(=O)c1cc(N)cc(C(=O)N(CCO)CC(F)F)c1. The van der Waals surface area contributed by atoms with E-state index in [9.17, 15) is 22.0 Å². The van der Waals surface area contributed by atoms with Gasteiger partial charge in [0.25, 0.3) is 12.3 Å². The predicted molar refractivity (Wildman–Crippen MR) is 73.0 cm³/mol. The summed E-state index contributed by atoms with van der Waals surface area (Å²) in [6.45, 7) is -1.63. The number of alkyl halides is 2. The molecule has 118 valence electrons. The largest absolute Gasteiger partial charge is 0.399 e. The zero-order chi connectivity index (χ0) is 16.2. The predicted octanol–water partition coefficient (Wildman–Crippen LogP) is 0.372. The molecular weight excluding hydrogens is 306 g/mol. The molecule has 0 atom stereocenters. The normalized spacial score (nSPS) is 11.7. The molecular formula is C12H16F2N2O4S. The van der Waals surface area contributed by atoms with Crippen molar-refractivity contribution in [2.24, 2.45) is 0 Å². The molecule has 0 fully saturated rings. The van der Waals surface area contributed by atoms with Crippen LogP contribution in [0.1, 0.15) is 10.4 Å². The Balaban J connectivity index is 3.18. The fraction of sp³-hybridized carbons (Fsp3) is 0.417. The van der Waals surface area contributed by atoms with Gasteiger partial charge in [-0.3, -0.25) is 4.79 Å². The van der Waals surface area contributed by atoms with E-state index in [4.69, 9.17) is 10.8 Å². The van der Waals surface area contributed by atoms with Crippen molar-refractivity contribution in [3.8, 4) is 0 Å². The van der Waals surface area contributed by atoms with Gasteiger partial charge in [0.2, 0.25) is 0 Å². The van der Waals surface area contributed by atoms with Crippen molar-refractivity contribution in [2.75, 3.05) is 31.7 Å². The van der Waals surface area contributed by atoms with E-state index < -0.39 is 35.3 Å². The third kappa shape index (κ3) is 4.94. The van der Waals surface area contributed by atoms with Crippen molar-refractivity contribution in [1.82, 2.24) is 4.90 Å². The van der Waals surface area contributed by atoms with E-state index >= 15 is 0 Å². The molecule has 9 heteroatoms. The average Bonchev–Trinajstić information content (AvgIpc) is 2.35. The zero-order valence-electron chi connectivity index (χ0n) is 11.3. The third-order valence-electron chi connectivity index (χ3n) is 2.62. The number of benzene rings is 1. The van der Waals surface area contributed by atoms with Gasteiger partial charge in [-0.25, -0.2) is 17.2 Å². The molecule has 0 radical (unpaired) electrons. The first-order valence-corrected chi connectivity index (χ1v) is 7.83. The van der Waals surface area contributed by atoms with Gasteiger partial charge >= 0.3 is 0 Å². The van der Waals surface area contributed by atoms with Gasteiger partial charge in [-0.1, -0.05) is 0 Å². The van der Waals surface area contributed by atoms with E-state index in [-0.39, 0.29) is 22.7 Å². The Morgan fingerprint density at radius 3 is 2.48 bits per heavy atom. The molecule has 0 saturated carbocycles. The molecule has 6 nitrogen and oxygen atoms in total. The van der Waals surface area contributed by atoms with Crippen molar-refractivity contribution in [1.29, 1.82) is 0 Å². The summed E-state index contributed by atoms with van der Waals surface area (Å²) < 4.78 is 47.9. The van der Waals surface area contributed by atoms with Crippen LogP contribution in [-0.4, -0.2) is 56.7 Å². The summed E-state index contributed by atoms with van der Waals surface area (Å²) in [4.78, 5) is 12.7. The van der Waals surface area contributed by atoms with Gasteiger partial charge in [0.05, 0.1) is 18.0 Å². The summed E-state index contributed by atoms with van der Waals surface area (Å²) >= 11 is 0. The summed E-state index contributed by atoms with van der Waals surface area (Å²) in [6.07, 6.45) is -1.82. The highest BCUT2D eigenvalue weighted by Crippen LogP contribution is 2.18. The van der Waals surface area contributed by atoms with E-state index in [0.29, 0.717) is 0 Å². The molecule has 1 amide bonds. The summed E-state index contributed by atoms with van der Waals surface area (Å²) in [5.41, 5.74) is 5.45. The Morgan fingerprint density at radius 1 is 1.38 bits per heavy atom. The van der Waals surface area contributed by atoms with Gasteiger partial charge in [0.15, 0.2) is 9.84 Å². The molecule has 0 heterocycles. The molecule has 0 bridgehead atoms. The highest BCUT2D eigenvalue weighted by Gasteiger charge is 2.21. The van der Waals surface area contributed by atoms with Gasteiger partial charge < -0.3 is 15.7 Å². The highest BCUT2D eigenvalue weighted by atomic mass is 32.2. The number of halogens is 2. The highest BCUT2D eigenvalue weighted by molar-refractivity contribution is 7.90. The number of sulfone groups is 1. The maximum absolute atomic E-state index is 12.4. The van der Waals surface area contributed by atoms with Crippen molar-refractivity contribution in [3.05, 3.63) is 23.8 Å². The van der Waals surface area contributed by atoms with Crippen molar-refractivity contribution < 1.29 is 27.1 Å². The maximum Gasteiger partial charge on any atom is 0.255 e. The number of carbonyl (C=O) groups excluding carboxylic acids is 1. The van der Waals surface area contributed by atoms with Crippen LogP contribution in [0.2, 0.25) is 0 Å². The number of carbonyl (C=O) groups is 1. The smallest absolute Gasteiger partial charge is 0.255 e. The molecule has 0 spiro atoms. The van der Waals surface area contributed by atoms with Gasteiger partial charge in [-0.15, -0.1) is 0 Å². The summed E-state index contributed by atoms with van der Waals surface area (Å²) in [6, 6.07) is 3.45. The van der Waals surface area contributed by atoms with Crippen molar-refractivity contribution in [3.63, 3.8) is 0 Å². The molecule has 0 aromatic heterocycles. The Kier molecular flexibility index (Phi) is 5.62. The summed E-state index contributed by atoms with van der Waals surface area (Å²) in [5.74, 6) is -0.818. The molecule has 1 rings (SSSR count). The monoisotopic (exact) mass is 322 g/mol. The number of aliphatic hydroxyl groups excluding tert-OH is 1. The Morgan fingerprint density at radius 2 is 2.00 bits per heavy atom. The fourth-order valence-electron chi connectivity index (χ4n) is 1.71. The second-order valence-corrected chi connectivity index (χ2v) is 6.44. The number of hydrogen-bond acceptors (Lipinski definition) is 5. The van der Waals surface area contributed by atoms with Crippen molar-refractivity contribution in [2.45, 2.75) is 11.3 Å². The Bertz CT molecular complexity index is 620. The van der Waals surface area contributed by atoms with Crippen molar-refractivity contribution >= 4 is 21.4 Å². The number of anilines is 1. The van der Waals surface area contributed by atoms with Crippen LogP contribution in [0.5, 0.6) is 0 Å². The number of nitrogens with two attached hydrogens (primary N) is 1. The molecule has 0 saturated heterocycles. The lowest BCUT2D eigenvalue weighted by molar-refractivity contribution is 0.0509. The molecule has 0 unspecified atom stereocenters. The second-order valence-electron chi connectivity index (χ2n) is 4.43. The van der Waals surface area contributed by atoms with Crippen LogP contribution >= 0.6 is 0 Å². The van der Waals surface area contributed by atoms with Crippen LogP contribution in [0.3, 0.4) is 0 Å². The number of nitrogen functional groups attached to an aromatic ring is 1. The van der Waals surface area contributed by atoms with Crippen LogP contribution < -0.4 is 5.73 Å². The first-order valence-electron chi connectivity index (χ1n) is 5.94. The lowest BCUT2D eigenvalue weighted by atomic mass is 10.1. The molecule has 1 aromatic rings. The average molecular weight is 322 g/mol. The minimum Gasteiger partial charge on any atom is -0.399 e. The van der Waals surface area contributed by atoms with Crippen LogP contribution in [0, 0.1) is 0 Å². The maximum atomic E-state index is 12.4. The second kappa shape index (κ2) is 6.81. The fourth-order valence-corrected chi connectivity index (χ4v) is 2.40. The standard InChI is InChI=1S/C12H16F2N2O4S/c1-21(19,20)10-5-8(4-9(15)6-10)12(18)16(2-3-17)7-11(13)14/h4-6,11,17H,2-3,7,15H2,1H3. The minimum absolute atomic E-state index is 0.0299. The van der Waals surface area contributed by atoms with E-state index in [1.807, 2.05) is 0 Å². The molecule has 0 aliphatic carbocycles. The molecule has 1 aromatic carbocycles. The minimum atomic E-state index is -3.59. The van der Waals surface area contributed by atoms with Crippen LogP contribution in [0.25, 0.3) is 0 Å². The van der Waals surface area contributed by atoms with Crippen LogP contribution in [0.15, 0.2) is 23.1 Å². The molecule has 21 heavy (non-hydrogen) atoms. The quantitative estimate of drug-likeness (QED) is 0.737. The number of nitrogens with zero attached hydrogens (tertiary/aromatic N) is 1. The number of hydrogen-bond donors (Lipinski definition) is 2. The zero-order valence-corrected chi connectivity index (χ0v) is 12.1. The first kappa shape index (κ1) is 17.3. The van der Waals surface area contributed by atoms with E-state index in [1.54, 1.807) is 0 Å². The van der Waals surface area contributed by atoms with E-state index in [2.05, 4.69) is 0 Å². The summed E-state index contributed by atoms with van der Waals surface area (Å²) in [7, 11) is -3.59. The van der Waals surface area contributed by atoms with Gasteiger partial charge in [0.1, 0.15) is 0 Å². The van der Waals surface area contributed by atoms with Gasteiger partial charge in [0, 0.05) is 24.1 Å². The number of amides is 1. The molecule has 0 aliphatic rings. The number of aliphatic hydroxyl groups is 1. The van der Waals surface area contributed by atoms with Gasteiger partial charge in [-0.2, -0.15) is 0 Å². The Labute approximate surface area is 121 Å². The Hall–Kier alpha value is -1.74. The van der Waals surface area contributed by atoms with E-state index in [0.717, 1.165) is 17.2 Å². The van der Waals surface area contributed by atoms with Crippen LogP contribution in [0.4, 0.5) is 14.5 Å². The number of rotatable bonds is 6. The topological polar surface area (TPSA) is 101 Å². The molecule has 3 N–H and O–H groups in total. The molecule has 0 aliphatic heterocycles. The first-order chi connectivity index (χ1) is 9.65. The van der Waals surface area contributed by atoms with E-state index in [1.165, 1.54) is 12.1 Å². The third-order valence-corrected chi connectivity index (χ3v) is 3.71. The summed E-state index contributed by atoms with van der Waals surface area (Å²) in [5, 5.41) is 8.82. The van der Waals surface area contributed by atoms with Crippen LogP contribution in [-0.2, 0) is 9.84 Å². The lowest BCUT2D eigenvalue weighted by Crippen LogP contribution is -2.37. The van der Waals surface area contributed by atoms with Gasteiger partial charge in [-0.05, 0) is 18.2 Å².